The summed E-state index contributed by atoms with van der Waals surface area (Å²) in [6, 6.07) is 8.42. The minimum absolute atomic E-state index is 0.153. The van der Waals surface area contributed by atoms with Gasteiger partial charge >= 0.3 is 0 Å². The van der Waals surface area contributed by atoms with Crippen molar-refractivity contribution in [2.75, 3.05) is 24.5 Å². The third-order valence-corrected chi connectivity index (χ3v) is 2.41. The molecule has 0 unspecified atom stereocenters. The summed E-state index contributed by atoms with van der Waals surface area (Å²) in [6.07, 6.45) is 0. The van der Waals surface area contributed by atoms with Crippen LogP contribution in [0.4, 0.5) is 5.69 Å². The molecular formula is C12H20N4. The minimum atomic E-state index is 0.153. The molecule has 4 nitrogen and oxygen atoms in total. The Morgan fingerprint density at radius 3 is 2.69 bits per heavy atom. The van der Waals surface area contributed by atoms with Crippen molar-refractivity contribution in [1.82, 2.24) is 0 Å². The first-order chi connectivity index (χ1) is 7.63. The molecule has 0 fully saturated rings. The monoisotopic (exact) mass is 220 g/mol. The Hall–Kier alpha value is -1.71. The second kappa shape index (κ2) is 6.00. The van der Waals surface area contributed by atoms with Crippen LogP contribution in [0.25, 0.3) is 0 Å². The molecule has 4 heteroatoms. The van der Waals surface area contributed by atoms with Gasteiger partial charge in [-0.1, -0.05) is 12.1 Å². The zero-order valence-corrected chi connectivity index (χ0v) is 9.98. The molecule has 0 atom stereocenters. The Labute approximate surface area is 97.0 Å². The molecule has 0 aromatic heterocycles. The maximum Gasteiger partial charge on any atom is 0.185 e. The maximum atomic E-state index is 5.29. The molecule has 0 heterocycles. The fourth-order valence-electron chi connectivity index (χ4n) is 1.59. The average Bonchev–Trinajstić information content (AvgIpc) is 2.24. The standard InChI is InChI=1S/C12H20N4/c1-3-16(8-7-15-12(13)14)11-6-4-5-10(2)9-11/h4-6,9H,3,7-8H2,1-2H3,(H4,13,14,15). The van der Waals surface area contributed by atoms with Gasteiger partial charge in [0.05, 0.1) is 6.54 Å². The Balaban J connectivity index is 2.64. The lowest BCUT2D eigenvalue weighted by Gasteiger charge is -2.22. The van der Waals surface area contributed by atoms with Crippen LogP contribution in [0.1, 0.15) is 12.5 Å². The number of nitrogens with zero attached hydrogens (tertiary/aromatic N) is 2. The van der Waals surface area contributed by atoms with Crippen LogP contribution in [-0.4, -0.2) is 25.6 Å². The molecule has 1 rings (SSSR count). The van der Waals surface area contributed by atoms with Crippen LogP contribution in [0.15, 0.2) is 29.3 Å². The average molecular weight is 220 g/mol. The van der Waals surface area contributed by atoms with Crippen molar-refractivity contribution >= 4 is 11.6 Å². The third kappa shape index (κ3) is 3.81. The molecule has 0 bridgehead atoms. The number of hydrogen-bond donors (Lipinski definition) is 2. The minimum Gasteiger partial charge on any atom is -0.370 e. The highest BCUT2D eigenvalue weighted by molar-refractivity contribution is 5.75. The van der Waals surface area contributed by atoms with Crippen LogP contribution >= 0.6 is 0 Å². The van der Waals surface area contributed by atoms with Crippen molar-refractivity contribution < 1.29 is 0 Å². The predicted octanol–water partition coefficient (Wildman–Crippen LogP) is 1.09. The number of aryl methyl sites for hydroxylation is 1. The van der Waals surface area contributed by atoms with Crippen molar-refractivity contribution in [3.05, 3.63) is 29.8 Å². The second-order valence-corrected chi connectivity index (χ2v) is 3.73. The number of rotatable bonds is 5. The number of hydrogen-bond acceptors (Lipinski definition) is 2. The van der Waals surface area contributed by atoms with Gasteiger partial charge in [-0.05, 0) is 31.5 Å². The van der Waals surface area contributed by atoms with E-state index in [1.165, 1.54) is 11.3 Å². The Morgan fingerprint density at radius 2 is 2.12 bits per heavy atom. The quantitative estimate of drug-likeness (QED) is 0.576. The first-order valence-electron chi connectivity index (χ1n) is 5.50. The summed E-state index contributed by atoms with van der Waals surface area (Å²) in [5.41, 5.74) is 13.1. The van der Waals surface area contributed by atoms with E-state index in [9.17, 15) is 0 Å². The van der Waals surface area contributed by atoms with Crippen LogP contribution < -0.4 is 16.4 Å². The van der Waals surface area contributed by atoms with E-state index in [1.807, 2.05) is 0 Å². The highest BCUT2D eigenvalue weighted by Gasteiger charge is 2.02. The van der Waals surface area contributed by atoms with Gasteiger partial charge in [-0.2, -0.15) is 0 Å². The van der Waals surface area contributed by atoms with E-state index in [1.54, 1.807) is 0 Å². The molecule has 1 aromatic rings. The maximum absolute atomic E-state index is 5.29. The summed E-state index contributed by atoms with van der Waals surface area (Å²) in [5.74, 6) is 0.153. The summed E-state index contributed by atoms with van der Waals surface area (Å²) >= 11 is 0. The topological polar surface area (TPSA) is 67.6 Å². The first kappa shape index (κ1) is 12.4. The summed E-state index contributed by atoms with van der Waals surface area (Å²) in [5, 5.41) is 0. The van der Waals surface area contributed by atoms with Gasteiger partial charge < -0.3 is 16.4 Å². The van der Waals surface area contributed by atoms with E-state index in [2.05, 4.69) is 48.0 Å². The van der Waals surface area contributed by atoms with Gasteiger partial charge in [0.15, 0.2) is 5.96 Å². The van der Waals surface area contributed by atoms with Crippen molar-refractivity contribution in [2.45, 2.75) is 13.8 Å². The Kier molecular flexibility index (Phi) is 4.64. The summed E-state index contributed by atoms with van der Waals surface area (Å²) in [7, 11) is 0. The SMILES string of the molecule is CCN(CCN=C(N)N)c1cccc(C)c1. The summed E-state index contributed by atoms with van der Waals surface area (Å²) in [6.45, 7) is 6.62. The van der Waals surface area contributed by atoms with Gasteiger partial charge in [-0.15, -0.1) is 0 Å². The van der Waals surface area contributed by atoms with E-state index in [0.29, 0.717) is 6.54 Å². The van der Waals surface area contributed by atoms with Crippen LogP contribution in [0.5, 0.6) is 0 Å². The highest BCUT2D eigenvalue weighted by Crippen LogP contribution is 2.15. The Bertz CT molecular complexity index is 356. The van der Waals surface area contributed by atoms with Gasteiger partial charge in [0.2, 0.25) is 0 Å². The fourth-order valence-corrected chi connectivity index (χ4v) is 1.59. The number of anilines is 1. The highest BCUT2D eigenvalue weighted by atomic mass is 15.1. The Morgan fingerprint density at radius 1 is 1.38 bits per heavy atom. The number of nitrogens with two attached hydrogens (primary N) is 2. The molecule has 0 aliphatic heterocycles. The molecule has 88 valence electrons. The third-order valence-electron chi connectivity index (χ3n) is 2.41. The van der Waals surface area contributed by atoms with Gasteiger partial charge in [0.25, 0.3) is 0 Å². The van der Waals surface area contributed by atoms with Gasteiger partial charge in [-0.25, -0.2) is 0 Å². The molecule has 0 aliphatic carbocycles. The zero-order valence-electron chi connectivity index (χ0n) is 9.98. The van der Waals surface area contributed by atoms with E-state index < -0.39 is 0 Å². The fraction of sp³-hybridized carbons (Fsp3) is 0.417. The van der Waals surface area contributed by atoms with E-state index in [0.717, 1.165) is 13.1 Å². The van der Waals surface area contributed by atoms with E-state index in [4.69, 9.17) is 11.5 Å². The molecule has 4 N–H and O–H groups in total. The normalized spacial score (nSPS) is 9.88. The second-order valence-electron chi connectivity index (χ2n) is 3.73. The molecule has 0 saturated heterocycles. The molecule has 0 amide bonds. The van der Waals surface area contributed by atoms with Crippen molar-refractivity contribution in [1.29, 1.82) is 0 Å². The largest absolute Gasteiger partial charge is 0.370 e. The number of likely N-dealkylation sites (N-methyl/N-ethyl adjacent to an activating group) is 1. The predicted molar refractivity (Wildman–Crippen MR) is 69.7 cm³/mol. The molecule has 16 heavy (non-hydrogen) atoms. The summed E-state index contributed by atoms with van der Waals surface area (Å²) < 4.78 is 0. The molecule has 0 radical (unpaired) electrons. The molecule has 0 aliphatic rings. The lowest BCUT2D eigenvalue weighted by Crippen LogP contribution is -2.28. The smallest absolute Gasteiger partial charge is 0.185 e. The molecule has 0 spiro atoms. The van der Waals surface area contributed by atoms with Crippen molar-refractivity contribution in [2.24, 2.45) is 16.5 Å². The van der Waals surface area contributed by atoms with Crippen LogP contribution in [0.2, 0.25) is 0 Å². The van der Waals surface area contributed by atoms with Gasteiger partial charge in [0.1, 0.15) is 0 Å². The summed E-state index contributed by atoms with van der Waals surface area (Å²) in [4.78, 5) is 6.24. The first-order valence-corrected chi connectivity index (χ1v) is 5.50. The lowest BCUT2D eigenvalue weighted by molar-refractivity contribution is 0.815. The number of guanidine groups is 1. The lowest BCUT2D eigenvalue weighted by atomic mass is 10.2. The molecular weight excluding hydrogens is 200 g/mol. The van der Waals surface area contributed by atoms with Crippen molar-refractivity contribution in [3.8, 4) is 0 Å². The number of benzene rings is 1. The van der Waals surface area contributed by atoms with Crippen LogP contribution in [0.3, 0.4) is 0 Å². The van der Waals surface area contributed by atoms with Crippen molar-refractivity contribution in [3.63, 3.8) is 0 Å². The van der Waals surface area contributed by atoms with Crippen LogP contribution in [0, 0.1) is 6.92 Å². The molecule has 1 aromatic carbocycles. The van der Waals surface area contributed by atoms with Crippen LogP contribution in [-0.2, 0) is 0 Å². The number of aliphatic imine (C=N–C) groups is 1. The van der Waals surface area contributed by atoms with E-state index in [-0.39, 0.29) is 5.96 Å². The van der Waals surface area contributed by atoms with Gasteiger partial charge in [-0.3, -0.25) is 4.99 Å². The van der Waals surface area contributed by atoms with Gasteiger partial charge in [0, 0.05) is 18.8 Å². The van der Waals surface area contributed by atoms with E-state index >= 15 is 0 Å². The zero-order chi connectivity index (χ0) is 12.0. The molecule has 0 saturated carbocycles.